The van der Waals surface area contributed by atoms with E-state index in [1.807, 2.05) is 24.3 Å². The van der Waals surface area contributed by atoms with Gasteiger partial charge >= 0.3 is 6.03 Å². The number of anilines is 3. The van der Waals surface area contributed by atoms with E-state index >= 15 is 0 Å². The second-order valence-corrected chi connectivity index (χ2v) is 7.80. The van der Waals surface area contributed by atoms with E-state index in [2.05, 4.69) is 25.6 Å². The highest BCUT2D eigenvalue weighted by molar-refractivity contribution is 6.07. The molecule has 3 amide bonds. The molecule has 1 fully saturated rings. The number of fused-ring (bicyclic) bond motifs is 2. The van der Waals surface area contributed by atoms with Crippen molar-refractivity contribution in [1.29, 1.82) is 0 Å². The van der Waals surface area contributed by atoms with Gasteiger partial charge in [0.2, 0.25) is 11.9 Å². The van der Waals surface area contributed by atoms with Gasteiger partial charge in [0, 0.05) is 5.69 Å². The maximum atomic E-state index is 13.4. The Hall–Kier alpha value is -4.08. The zero-order valence-electron chi connectivity index (χ0n) is 17.0. The lowest BCUT2D eigenvalue weighted by Crippen LogP contribution is -2.46. The third-order valence-corrected chi connectivity index (χ3v) is 5.75. The number of nitrogens with one attached hydrogen (secondary N) is 2. The van der Waals surface area contributed by atoms with Crippen molar-refractivity contribution in [1.82, 2.24) is 25.2 Å². The Morgan fingerprint density at radius 2 is 1.88 bits per heavy atom. The van der Waals surface area contributed by atoms with Gasteiger partial charge in [-0.1, -0.05) is 24.3 Å². The molecule has 32 heavy (non-hydrogen) atoms. The van der Waals surface area contributed by atoms with Gasteiger partial charge in [0.05, 0.1) is 6.54 Å². The fraction of sp³-hybridized carbons (Fsp3) is 0.227. The molecule has 1 aromatic heterocycles. The van der Waals surface area contributed by atoms with Crippen LogP contribution in [0.2, 0.25) is 0 Å². The van der Waals surface area contributed by atoms with Crippen molar-refractivity contribution in [3.63, 3.8) is 0 Å². The molecule has 2 heterocycles. The standard InChI is InChI=1S/C22H20FN7O2/c23-14-7-9-15(10-8-14)25-20-27-17(26-19(24)28-20)12-30-18(31)22(29-21(30)32)11-3-5-13-4-1-2-6-16(13)22/h1-2,4,6-10H,3,5,11-12H2,(H,29,32)(H3,24,25,26,27,28). The normalized spacial score (nSPS) is 19.7. The van der Waals surface area contributed by atoms with Crippen molar-refractivity contribution >= 4 is 29.5 Å². The molecule has 1 atom stereocenters. The minimum atomic E-state index is -1.07. The smallest absolute Gasteiger partial charge is 0.325 e. The highest BCUT2D eigenvalue weighted by atomic mass is 19.1. The highest BCUT2D eigenvalue weighted by Gasteiger charge is 2.54. The number of carbonyl (C=O) groups excluding carboxylic acids is 2. The van der Waals surface area contributed by atoms with Crippen LogP contribution in [0.25, 0.3) is 0 Å². The summed E-state index contributed by atoms with van der Waals surface area (Å²) in [5, 5.41) is 5.82. The number of nitrogens with zero attached hydrogens (tertiary/aromatic N) is 4. The maximum absolute atomic E-state index is 13.4. The van der Waals surface area contributed by atoms with Crippen LogP contribution in [0.1, 0.15) is 29.8 Å². The summed E-state index contributed by atoms with van der Waals surface area (Å²) < 4.78 is 13.1. The number of nitrogens with two attached hydrogens (primary N) is 1. The first-order valence-corrected chi connectivity index (χ1v) is 10.2. The summed E-state index contributed by atoms with van der Waals surface area (Å²) in [5.74, 6) is -0.482. The Morgan fingerprint density at radius 3 is 2.69 bits per heavy atom. The van der Waals surface area contributed by atoms with E-state index in [4.69, 9.17) is 5.73 Å². The predicted molar refractivity (Wildman–Crippen MR) is 114 cm³/mol. The van der Waals surface area contributed by atoms with Gasteiger partial charge in [-0.2, -0.15) is 15.0 Å². The molecule has 1 saturated heterocycles. The van der Waals surface area contributed by atoms with E-state index in [1.165, 1.54) is 24.3 Å². The van der Waals surface area contributed by atoms with Crippen LogP contribution >= 0.6 is 0 Å². The second kappa shape index (κ2) is 7.56. The van der Waals surface area contributed by atoms with Gasteiger partial charge in [-0.3, -0.25) is 9.69 Å². The molecule has 0 radical (unpaired) electrons. The Kier molecular flexibility index (Phi) is 4.69. The van der Waals surface area contributed by atoms with E-state index in [0.717, 1.165) is 28.9 Å². The van der Waals surface area contributed by atoms with Crippen molar-refractivity contribution in [2.24, 2.45) is 0 Å². The number of urea groups is 1. The first-order valence-electron chi connectivity index (χ1n) is 10.2. The molecule has 1 aliphatic heterocycles. The van der Waals surface area contributed by atoms with E-state index in [9.17, 15) is 14.0 Å². The number of aryl methyl sites for hydroxylation is 1. The van der Waals surface area contributed by atoms with Crippen LogP contribution in [-0.4, -0.2) is 31.8 Å². The Balaban J connectivity index is 1.41. The van der Waals surface area contributed by atoms with Crippen molar-refractivity contribution < 1.29 is 14.0 Å². The summed E-state index contributed by atoms with van der Waals surface area (Å²) in [4.78, 5) is 39.7. The van der Waals surface area contributed by atoms with Gasteiger partial charge in [-0.25, -0.2) is 9.18 Å². The summed E-state index contributed by atoms with van der Waals surface area (Å²) in [6.07, 6.45) is 2.19. The molecule has 2 aliphatic rings. The molecule has 2 aromatic carbocycles. The lowest BCUT2D eigenvalue weighted by atomic mass is 9.76. The molecule has 1 unspecified atom stereocenters. The molecule has 1 aliphatic carbocycles. The number of carbonyl (C=O) groups is 2. The number of rotatable bonds is 4. The average molecular weight is 433 g/mol. The molecule has 1 spiro atoms. The minimum absolute atomic E-state index is 0.0654. The molecule has 10 heteroatoms. The van der Waals surface area contributed by atoms with Gasteiger partial charge in [0.15, 0.2) is 5.82 Å². The maximum Gasteiger partial charge on any atom is 0.325 e. The Bertz CT molecular complexity index is 1220. The molecule has 4 N–H and O–H groups in total. The van der Waals surface area contributed by atoms with E-state index < -0.39 is 11.6 Å². The van der Waals surface area contributed by atoms with Crippen LogP contribution in [-0.2, 0) is 23.3 Å². The van der Waals surface area contributed by atoms with Gasteiger partial charge < -0.3 is 16.4 Å². The molecule has 162 valence electrons. The minimum Gasteiger partial charge on any atom is -0.368 e. The van der Waals surface area contributed by atoms with Crippen molar-refractivity contribution in [2.45, 2.75) is 31.3 Å². The molecule has 9 nitrogen and oxygen atoms in total. The third-order valence-electron chi connectivity index (χ3n) is 5.75. The first-order chi connectivity index (χ1) is 15.4. The average Bonchev–Trinajstić information content (AvgIpc) is 3.00. The summed E-state index contributed by atoms with van der Waals surface area (Å²) >= 11 is 0. The quantitative estimate of drug-likeness (QED) is 0.540. The molecule has 3 aromatic rings. The van der Waals surface area contributed by atoms with E-state index in [1.54, 1.807) is 0 Å². The zero-order valence-corrected chi connectivity index (χ0v) is 17.0. The monoisotopic (exact) mass is 433 g/mol. The molecule has 5 rings (SSSR count). The number of aromatic nitrogens is 3. The molecule has 0 saturated carbocycles. The number of benzene rings is 2. The number of imide groups is 1. The number of hydrogen-bond acceptors (Lipinski definition) is 7. The number of nitrogen functional groups attached to an aromatic ring is 1. The van der Waals surface area contributed by atoms with Gasteiger partial charge in [-0.05, 0) is 54.7 Å². The summed E-state index contributed by atoms with van der Waals surface area (Å²) in [6, 6.07) is 12.8. The van der Waals surface area contributed by atoms with Gasteiger partial charge in [0.25, 0.3) is 5.91 Å². The zero-order chi connectivity index (χ0) is 22.3. The first kappa shape index (κ1) is 19.9. The van der Waals surface area contributed by atoms with Crippen LogP contribution in [0.5, 0.6) is 0 Å². The van der Waals surface area contributed by atoms with Crippen LogP contribution < -0.4 is 16.4 Å². The molecular weight excluding hydrogens is 413 g/mol. The number of halogens is 1. The van der Waals surface area contributed by atoms with Crippen molar-refractivity contribution in [2.75, 3.05) is 11.1 Å². The fourth-order valence-corrected chi connectivity index (χ4v) is 4.32. The topological polar surface area (TPSA) is 126 Å². The van der Waals surface area contributed by atoms with E-state index in [-0.39, 0.29) is 36.0 Å². The van der Waals surface area contributed by atoms with Crippen LogP contribution in [0, 0.1) is 5.82 Å². The molecule has 0 bridgehead atoms. The van der Waals surface area contributed by atoms with Crippen molar-refractivity contribution in [3.8, 4) is 0 Å². The molecular formula is C22H20FN7O2. The predicted octanol–water partition coefficient (Wildman–Crippen LogP) is 2.62. The lowest BCUT2D eigenvalue weighted by molar-refractivity contribution is -0.132. The van der Waals surface area contributed by atoms with E-state index in [0.29, 0.717) is 12.1 Å². The Morgan fingerprint density at radius 1 is 1.09 bits per heavy atom. The van der Waals surface area contributed by atoms with Gasteiger partial charge in [0.1, 0.15) is 11.4 Å². The summed E-state index contributed by atoms with van der Waals surface area (Å²) in [6.45, 7) is -0.153. The summed E-state index contributed by atoms with van der Waals surface area (Å²) in [7, 11) is 0. The summed E-state index contributed by atoms with van der Waals surface area (Å²) in [5.41, 5.74) is 7.19. The number of amides is 3. The van der Waals surface area contributed by atoms with Gasteiger partial charge in [-0.15, -0.1) is 0 Å². The second-order valence-electron chi connectivity index (χ2n) is 7.80. The number of hydrogen-bond donors (Lipinski definition) is 3. The van der Waals surface area contributed by atoms with Crippen LogP contribution in [0.3, 0.4) is 0 Å². The van der Waals surface area contributed by atoms with Crippen molar-refractivity contribution in [3.05, 3.63) is 71.3 Å². The van der Waals surface area contributed by atoms with Crippen LogP contribution in [0.4, 0.5) is 26.8 Å². The fourth-order valence-electron chi connectivity index (χ4n) is 4.32. The highest BCUT2D eigenvalue weighted by Crippen LogP contribution is 2.40. The van der Waals surface area contributed by atoms with Crippen LogP contribution in [0.15, 0.2) is 48.5 Å². The SMILES string of the molecule is Nc1nc(CN2C(=O)NC3(CCCc4ccccc43)C2=O)nc(Nc2ccc(F)cc2)n1. The third kappa shape index (κ3) is 3.39. The Labute approximate surface area is 182 Å². The largest absolute Gasteiger partial charge is 0.368 e. The lowest BCUT2D eigenvalue weighted by Gasteiger charge is -2.33.